The number of hydrogen-bond acceptors (Lipinski definition) is 17. The Balaban J connectivity index is 1.32. The van der Waals surface area contributed by atoms with Crippen molar-refractivity contribution >= 4 is 47.8 Å². The van der Waals surface area contributed by atoms with E-state index >= 15 is 0 Å². The summed E-state index contributed by atoms with van der Waals surface area (Å²) in [6.07, 6.45) is -8.73. The molecule has 0 bridgehead atoms. The van der Waals surface area contributed by atoms with E-state index in [0.717, 1.165) is 55.5 Å². The van der Waals surface area contributed by atoms with Crippen molar-refractivity contribution in [2.45, 2.75) is 96.9 Å². The van der Waals surface area contributed by atoms with E-state index in [2.05, 4.69) is 16.0 Å². The van der Waals surface area contributed by atoms with Gasteiger partial charge in [0.2, 0.25) is 11.8 Å². The minimum absolute atomic E-state index is 0.0127. The Hall–Kier alpha value is -6.90. The van der Waals surface area contributed by atoms with Gasteiger partial charge in [0, 0.05) is 33.6 Å². The number of amides is 3. The van der Waals surface area contributed by atoms with Crippen LogP contribution in [-0.4, -0.2) is 124 Å². The molecule has 3 N–H and O–H groups in total. The lowest BCUT2D eigenvalue weighted by molar-refractivity contribution is -0.308. The van der Waals surface area contributed by atoms with Gasteiger partial charge in [-0.1, -0.05) is 92.7 Å². The Morgan fingerprint density at radius 2 is 1.21 bits per heavy atom. The SMILES string of the molecule is CC(=O)OC[C@H]1O[C@@H](OC[C@H](NC(=O)[C@@H](NC(=O)OCC2c3ccccc3-c3ccccc32)C(C)C)C(=O)NCOCC(=O)OCc2ccccc2)[C@H](OC(C)=O)[C@@H](OC(C)=O)[C@H]1OC(C)=O. The molecule has 0 spiro atoms. The fourth-order valence-electron chi connectivity index (χ4n) is 7.42. The van der Waals surface area contributed by atoms with Crippen LogP contribution < -0.4 is 16.0 Å². The Morgan fingerprint density at radius 3 is 1.81 bits per heavy atom. The third-order valence-electron chi connectivity index (χ3n) is 10.4. The second-order valence-corrected chi connectivity index (χ2v) is 15.8. The molecule has 67 heavy (non-hydrogen) atoms. The van der Waals surface area contributed by atoms with Crippen molar-refractivity contribution in [2.24, 2.45) is 5.92 Å². The smallest absolute Gasteiger partial charge is 0.407 e. The quantitative estimate of drug-likeness (QED) is 0.0601. The lowest BCUT2D eigenvalue weighted by atomic mass is 9.98. The molecular weight excluding hydrogens is 879 g/mol. The highest BCUT2D eigenvalue weighted by Crippen LogP contribution is 2.44. The fourth-order valence-corrected chi connectivity index (χ4v) is 7.42. The number of benzene rings is 3. The molecule has 0 unspecified atom stereocenters. The zero-order chi connectivity index (χ0) is 48.6. The summed E-state index contributed by atoms with van der Waals surface area (Å²) >= 11 is 0. The van der Waals surface area contributed by atoms with E-state index in [1.54, 1.807) is 38.1 Å². The monoisotopic (exact) mass is 933 g/mol. The van der Waals surface area contributed by atoms with Crippen LogP contribution in [0.4, 0.5) is 4.79 Å². The summed E-state index contributed by atoms with van der Waals surface area (Å²) in [6.45, 7) is 5.11. The predicted molar refractivity (Wildman–Crippen MR) is 232 cm³/mol. The number of carbonyl (C=O) groups excluding carboxylic acids is 8. The molecule has 20 heteroatoms. The Morgan fingerprint density at radius 1 is 0.627 bits per heavy atom. The molecule has 0 saturated carbocycles. The molecular formula is C47H55N3O17. The van der Waals surface area contributed by atoms with Crippen molar-refractivity contribution in [1.82, 2.24) is 16.0 Å². The van der Waals surface area contributed by atoms with E-state index < -0.39 is 123 Å². The van der Waals surface area contributed by atoms with E-state index in [0.29, 0.717) is 0 Å². The molecule has 1 fully saturated rings. The highest BCUT2D eigenvalue weighted by Gasteiger charge is 2.53. The van der Waals surface area contributed by atoms with Gasteiger partial charge in [-0.15, -0.1) is 0 Å². The van der Waals surface area contributed by atoms with Gasteiger partial charge in [-0.2, -0.15) is 0 Å². The van der Waals surface area contributed by atoms with Crippen LogP contribution in [0.2, 0.25) is 0 Å². The van der Waals surface area contributed by atoms with Crippen LogP contribution in [0.3, 0.4) is 0 Å². The van der Waals surface area contributed by atoms with Crippen LogP contribution in [0.15, 0.2) is 78.9 Å². The number of alkyl carbamates (subject to hydrolysis) is 1. The molecule has 1 saturated heterocycles. The minimum atomic E-state index is -1.72. The van der Waals surface area contributed by atoms with Crippen LogP contribution in [0, 0.1) is 5.92 Å². The van der Waals surface area contributed by atoms with Crippen LogP contribution in [0.25, 0.3) is 11.1 Å². The molecule has 2 aliphatic rings. The van der Waals surface area contributed by atoms with Gasteiger partial charge in [0.1, 0.15) is 51.3 Å². The summed E-state index contributed by atoms with van der Waals surface area (Å²) in [6, 6.07) is 21.6. The van der Waals surface area contributed by atoms with E-state index in [9.17, 15) is 38.4 Å². The van der Waals surface area contributed by atoms with Crippen LogP contribution in [0.5, 0.6) is 0 Å². The molecule has 3 aromatic carbocycles. The lowest BCUT2D eigenvalue weighted by Crippen LogP contribution is -2.63. The molecule has 0 aromatic heterocycles. The van der Waals surface area contributed by atoms with Gasteiger partial charge in [-0.05, 0) is 33.7 Å². The third-order valence-corrected chi connectivity index (χ3v) is 10.4. The van der Waals surface area contributed by atoms with Gasteiger partial charge in [0.15, 0.2) is 24.6 Å². The largest absolute Gasteiger partial charge is 0.463 e. The van der Waals surface area contributed by atoms with Crippen molar-refractivity contribution in [3.8, 4) is 11.1 Å². The Labute approximate surface area is 386 Å². The van der Waals surface area contributed by atoms with Crippen LogP contribution >= 0.6 is 0 Å². The summed E-state index contributed by atoms with van der Waals surface area (Å²) in [5, 5.41) is 7.60. The highest BCUT2D eigenvalue weighted by atomic mass is 16.7. The number of fused-ring (bicyclic) bond motifs is 3. The minimum Gasteiger partial charge on any atom is -0.463 e. The van der Waals surface area contributed by atoms with Gasteiger partial charge in [-0.25, -0.2) is 9.59 Å². The molecule has 20 nitrogen and oxygen atoms in total. The molecule has 1 aliphatic heterocycles. The second kappa shape index (κ2) is 24.6. The van der Waals surface area contributed by atoms with Gasteiger partial charge in [0.05, 0.1) is 6.61 Å². The Kier molecular flexibility index (Phi) is 18.7. The van der Waals surface area contributed by atoms with E-state index in [1.807, 2.05) is 54.6 Å². The summed E-state index contributed by atoms with van der Waals surface area (Å²) < 4.78 is 49.7. The molecule has 3 aromatic rings. The molecule has 1 aliphatic carbocycles. The molecule has 3 amide bonds. The van der Waals surface area contributed by atoms with E-state index in [4.69, 9.17) is 42.6 Å². The highest BCUT2D eigenvalue weighted by molar-refractivity contribution is 5.91. The molecule has 360 valence electrons. The van der Waals surface area contributed by atoms with Crippen molar-refractivity contribution in [1.29, 1.82) is 0 Å². The third kappa shape index (κ3) is 14.8. The van der Waals surface area contributed by atoms with Gasteiger partial charge in [0.25, 0.3) is 0 Å². The maximum absolute atomic E-state index is 14.0. The summed E-state index contributed by atoms with van der Waals surface area (Å²) in [7, 11) is 0. The zero-order valence-electron chi connectivity index (χ0n) is 37.9. The first-order valence-corrected chi connectivity index (χ1v) is 21.4. The average Bonchev–Trinajstić information content (AvgIpc) is 3.60. The first-order chi connectivity index (χ1) is 32.0. The first-order valence-electron chi connectivity index (χ1n) is 21.4. The fraction of sp³-hybridized carbons (Fsp3) is 0.447. The van der Waals surface area contributed by atoms with Crippen molar-refractivity contribution in [2.75, 3.05) is 33.2 Å². The second-order valence-electron chi connectivity index (χ2n) is 15.8. The zero-order valence-corrected chi connectivity index (χ0v) is 37.9. The number of carbonyl (C=O) groups is 8. The maximum atomic E-state index is 14.0. The molecule has 7 atom stereocenters. The van der Waals surface area contributed by atoms with Crippen molar-refractivity contribution in [3.05, 3.63) is 95.6 Å². The number of hydrogen-bond donors (Lipinski definition) is 3. The Bertz CT molecular complexity index is 2190. The number of esters is 5. The van der Waals surface area contributed by atoms with Crippen LogP contribution in [0.1, 0.15) is 64.2 Å². The van der Waals surface area contributed by atoms with Gasteiger partial charge < -0.3 is 58.6 Å². The average molecular weight is 934 g/mol. The predicted octanol–water partition coefficient (Wildman–Crippen LogP) is 2.97. The summed E-state index contributed by atoms with van der Waals surface area (Å²) in [5.74, 6) is -6.70. The molecule has 5 rings (SSSR count). The number of ether oxygens (including phenoxy) is 9. The topological polar surface area (TPSA) is 256 Å². The summed E-state index contributed by atoms with van der Waals surface area (Å²) in [4.78, 5) is 102. The van der Waals surface area contributed by atoms with Gasteiger partial charge in [-0.3, -0.25) is 28.8 Å². The molecule has 0 radical (unpaired) electrons. The van der Waals surface area contributed by atoms with Crippen LogP contribution in [-0.2, 0) is 82.8 Å². The maximum Gasteiger partial charge on any atom is 0.407 e. The van der Waals surface area contributed by atoms with Crippen molar-refractivity contribution in [3.63, 3.8) is 0 Å². The number of rotatable bonds is 21. The molecule has 1 heterocycles. The number of nitrogens with one attached hydrogen (secondary N) is 3. The van der Waals surface area contributed by atoms with E-state index in [1.165, 1.54) is 0 Å². The van der Waals surface area contributed by atoms with E-state index in [-0.39, 0.29) is 19.1 Å². The van der Waals surface area contributed by atoms with Gasteiger partial charge >= 0.3 is 35.9 Å². The standard InChI is InChI=1S/C47H55N3O17/c1-26(2)40(50-47(58)63-21-36-34-18-12-10-16-32(34)33-17-11-13-19-35(33)36)45(57)49-37(44(56)48-25-59-24-39(55)61-20-31-14-8-7-9-15-31)22-62-46-43(66-30(6)54)42(65-29(5)53)41(64-28(4)52)38(67-46)23-60-27(3)51/h7-19,26,36-38,40-43,46H,20-25H2,1-6H3,(H,48,56)(H,49,57)(H,50,58)/t37-,38+,40-,41-,42-,43+,46+/m0/s1. The van der Waals surface area contributed by atoms with Crippen molar-refractivity contribution < 1.29 is 81.0 Å². The summed E-state index contributed by atoms with van der Waals surface area (Å²) in [5.41, 5.74) is 4.75. The normalized spacial score (nSPS) is 19.3. The lowest BCUT2D eigenvalue weighted by Gasteiger charge is -2.44. The first kappa shape index (κ1) is 51.1.